The van der Waals surface area contributed by atoms with Gasteiger partial charge in [0.15, 0.2) is 5.78 Å². The highest BCUT2D eigenvalue weighted by molar-refractivity contribution is 6.32. The molecule has 1 aromatic rings. The Hall–Kier alpha value is -1.12. The molecule has 0 aromatic carbocycles. The van der Waals surface area contributed by atoms with Gasteiger partial charge in [-0.1, -0.05) is 31.8 Å². The van der Waals surface area contributed by atoms with Crippen LogP contribution in [0.25, 0.3) is 0 Å². The summed E-state index contributed by atoms with van der Waals surface area (Å²) < 4.78 is 0. The number of hydrogen-bond donors (Lipinski definition) is 0. The zero-order valence-corrected chi connectivity index (χ0v) is 9.29. The largest absolute Gasteiger partial charge is 0.294 e. The summed E-state index contributed by atoms with van der Waals surface area (Å²) in [6.07, 6.45) is 2.79. The Bertz CT molecular complexity index is 310. The molecule has 1 heterocycles. The number of pyridine rings is 1. The van der Waals surface area contributed by atoms with Crippen LogP contribution in [0.5, 0.6) is 0 Å². The zero-order chi connectivity index (χ0) is 11.1. The van der Waals surface area contributed by atoms with E-state index in [2.05, 4.69) is 18.8 Å². The minimum Gasteiger partial charge on any atom is -0.294 e. The zero-order valence-electron chi connectivity index (χ0n) is 9.29. The van der Waals surface area contributed by atoms with Gasteiger partial charge in [-0.3, -0.25) is 9.78 Å². The molecule has 0 spiro atoms. The molecule has 0 saturated heterocycles. The van der Waals surface area contributed by atoms with Crippen LogP contribution in [0.15, 0.2) is 12.3 Å². The van der Waals surface area contributed by atoms with Crippen molar-refractivity contribution in [1.29, 1.82) is 0 Å². The molecule has 0 aliphatic rings. The second-order valence-electron chi connectivity index (χ2n) is 3.16. The first-order valence-electron chi connectivity index (χ1n) is 4.75. The van der Waals surface area contributed by atoms with E-state index in [9.17, 15) is 4.79 Å². The third-order valence-corrected chi connectivity index (χ3v) is 1.49. The number of ketones is 1. The Balaban J connectivity index is 0.000000500. The van der Waals surface area contributed by atoms with Gasteiger partial charge in [-0.15, -0.1) is 0 Å². The average molecular weight is 189 g/mol. The lowest BCUT2D eigenvalue weighted by molar-refractivity contribution is 0.101. The van der Waals surface area contributed by atoms with Gasteiger partial charge in [0.1, 0.15) is 7.85 Å². The lowest BCUT2D eigenvalue weighted by atomic mass is 9.95. The fourth-order valence-corrected chi connectivity index (χ4v) is 0.906. The number of nitrogens with zero attached hydrogens (tertiary/aromatic N) is 1. The first-order valence-corrected chi connectivity index (χ1v) is 4.75. The molecule has 14 heavy (non-hydrogen) atoms. The molecule has 0 atom stereocenters. The van der Waals surface area contributed by atoms with Gasteiger partial charge < -0.3 is 0 Å². The minimum absolute atomic E-state index is 0.00213. The number of hydrogen-bond acceptors (Lipinski definition) is 2. The molecule has 0 bridgehead atoms. The fraction of sp³-hybridized carbons (Fsp3) is 0.455. The second kappa shape index (κ2) is 6.36. The van der Waals surface area contributed by atoms with E-state index in [1.165, 1.54) is 13.3 Å². The topological polar surface area (TPSA) is 30.0 Å². The Morgan fingerprint density at radius 3 is 2.36 bits per heavy atom. The molecule has 0 fully saturated rings. The van der Waals surface area contributed by atoms with Gasteiger partial charge in [0.2, 0.25) is 0 Å². The van der Waals surface area contributed by atoms with Gasteiger partial charge in [-0.25, -0.2) is 0 Å². The predicted octanol–water partition coefficient (Wildman–Crippen LogP) is 1.80. The van der Waals surface area contributed by atoms with Gasteiger partial charge in [0, 0.05) is 17.5 Å². The van der Waals surface area contributed by atoms with Crippen molar-refractivity contribution < 1.29 is 4.79 Å². The molecule has 0 saturated carbocycles. The van der Waals surface area contributed by atoms with E-state index in [0.29, 0.717) is 11.0 Å². The van der Waals surface area contributed by atoms with Crippen LogP contribution in [0, 0.1) is 6.92 Å². The van der Waals surface area contributed by atoms with Crippen LogP contribution < -0.4 is 5.46 Å². The van der Waals surface area contributed by atoms with Crippen LogP contribution in [-0.2, 0) is 0 Å². The van der Waals surface area contributed by atoms with Crippen molar-refractivity contribution in [3.8, 4) is 0 Å². The van der Waals surface area contributed by atoms with Gasteiger partial charge >= 0.3 is 0 Å². The fourth-order valence-electron chi connectivity index (χ4n) is 0.906. The van der Waals surface area contributed by atoms with Gasteiger partial charge in [-0.05, 0) is 13.8 Å². The molecule has 74 valence electrons. The van der Waals surface area contributed by atoms with Crippen LogP contribution in [0.4, 0.5) is 0 Å². The maximum absolute atomic E-state index is 10.9. The van der Waals surface area contributed by atoms with Crippen LogP contribution in [-0.4, -0.2) is 18.6 Å². The third-order valence-electron chi connectivity index (χ3n) is 1.49. The summed E-state index contributed by atoms with van der Waals surface area (Å²) in [7, 11) is 5.45. The highest BCUT2D eigenvalue weighted by atomic mass is 16.1. The lowest BCUT2D eigenvalue weighted by Crippen LogP contribution is -2.09. The number of aromatic nitrogens is 1. The Kier molecular flexibility index (Phi) is 5.85. The molecule has 1 aromatic heterocycles. The van der Waals surface area contributed by atoms with E-state index in [1.54, 1.807) is 19.2 Å². The molecule has 2 radical (unpaired) electrons. The smallest absolute Gasteiger partial charge is 0.161 e. The van der Waals surface area contributed by atoms with Gasteiger partial charge in [0.05, 0.1) is 0 Å². The van der Waals surface area contributed by atoms with Crippen molar-refractivity contribution >= 4 is 19.1 Å². The summed E-state index contributed by atoms with van der Waals surface area (Å²) in [5.74, 6) is 0.00213. The summed E-state index contributed by atoms with van der Waals surface area (Å²) in [6, 6.07) is 1.64. The van der Waals surface area contributed by atoms with Gasteiger partial charge in [0.25, 0.3) is 0 Å². The van der Waals surface area contributed by atoms with E-state index >= 15 is 0 Å². The number of aryl methyl sites for hydroxylation is 1. The van der Waals surface area contributed by atoms with Crippen molar-refractivity contribution in [2.75, 3.05) is 0 Å². The number of carbonyl (C=O) groups is 1. The van der Waals surface area contributed by atoms with Crippen molar-refractivity contribution in [3.63, 3.8) is 0 Å². The third kappa shape index (κ3) is 4.22. The van der Waals surface area contributed by atoms with Gasteiger partial charge in [-0.2, -0.15) is 0 Å². The van der Waals surface area contributed by atoms with E-state index in [-0.39, 0.29) is 5.78 Å². The first kappa shape index (κ1) is 12.9. The molecule has 0 unspecified atom stereocenters. The minimum atomic E-state index is 0.00213. The standard InChI is InChI=1S/C8H8BNO.C3H8/c1-5-8(6(2)11)3-7(9)4-10-5;1-3-2/h3-4H,1-2H3;3H2,1-2H3. The van der Waals surface area contributed by atoms with E-state index in [4.69, 9.17) is 7.85 Å². The molecule has 0 N–H and O–H groups in total. The Morgan fingerprint density at radius 2 is 2.00 bits per heavy atom. The average Bonchev–Trinajstić information content (AvgIpc) is 2.10. The van der Waals surface area contributed by atoms with Crippen molar-refractivity contribution in [2.24, 2.45) is 0 Å². The molecule has 1 rings (SSSR count). The number of Topliss-reactive ketones (excluding diaryl/α,β-unsaturated/α-hetero) is 1. The maximum Gasteiger partial charge on any atom is 0.161 e. The van der Waals surface area contributed by atoms with Crippen molar-refractivity contribution in [2.45, 2.75) is 34.1 Å². The molecule has 0 amide bonds. The van der Waals surface area contributed by atoms with Crippen LogP contribution >= 0.6 is 0 Å². The molecular weight excluding hydrogens is 173 g/mol. The number of rotatable bonds is 1. The summed E-state index contributed by atoms with van der Waals surface area (Å²) in [5, 5.41) is 0. The second-order valence-corrected chi connectivity index (χ2v) is 3.16. The molecule has 3 heteroatoms. The summed E-state index contributed by atoms with van der Waals surface area (Å²) in [4.78, 5) is 14.9. The molecule has 2 nitrogen and oxygen atoms in total. The summed E-state index contributed by atoms with van der Waals surface area (Å²) in [5.41, 5.74) is 1.86. The molecular formula is C11H16BNO. The van der Waals surface area contributed by atoms with Crippen molar-refractivity contribution in [3.05, 3.63) is 23.5 Å². The first-order chi connectivity index (χ1) is 6.52. The van der Waals surface area contributed by atoms with E-state index in [0.717, 1.165) is 5.69 Å². The normalized spacial score (nSPS) is 8.86. The number of carbonyl (C=O) groups excluding carboxylic acids is 1. The van der Waals surface area contributed by atoms with Crippen molar-refractivity contribution in [1.82, 2.24) is 4.98 Å². The Morgan fingerprint density at radius 1 is 1.50 bits per heavy atom. The SMILES string of the molecule is CCC.[B]c1cnc(C)c(C(C)=O)c1. The lowest BCUT2D eigenvalue weighted by Gasteiger charge is -2.00. The monoisotopic (exact) mass is 189 g/mol. The summed E-state index contributed by atoms with van der Waals surface area (Å²) in [6.45, 7) is 7.54. The molecule has 0 aliphatic carbocycles. The van der Waals surface area contributed by atoms with Crippen LogP contribution in [0.3, 0.4) is 0 Å². The van der Waals surface area contributed by atoms with E-state index < -0.39 is 0 Å². The van der Waals surface area contributed by atoms with Crippen LogP contribution in [0.1, 0.15) is 43.2 Å². The quantitative estimate of drug-likeness (QED) is 0.498. The highest BCUT2D eigenvalue weighted by Gasteiger charge is 2.03. The maximum atomic E-state index is 10.9. The van der Waals surface area contributed by atoms with E-state index in [1.807, 2.05) is 0 Å². The highest BCUT2D eigenvalue weighted by Crippen LogP contribution is 2.01. The van der Waals surface area contributed by atoms with Crippen LogP contribution in [0.2, 0.25) is 0 Å². The summed E-state index contributed by atoms with van der Waals surface area (Å²) >= 11 is 0. The molecule has 0 aliphatic heterocycles. The Labute approximate surface area is 87.2 Å². The predicted molar refractivity (Wildman–Crippen MR) is 60.3 cm³/mol.